The van der Waals surface area contributed by atoms with E-state index in [4.69, 9.17) is 4.74 Å². The first-order chi connectivity index (χ1) is 15.1. The van der Waals surface area contributed by atoms with Crippen molar-refractivity contribution in [2.75, 3.05) is 6.61 Å². The van der Waals surface area contributed by atoms with Gasteiger partial charge in [-0.3, -0.25) is 4.79 Å². The van der Waals surface area contributed by atoms with Crippen molar-refractivity contribution in [1.82, 2.24) is 9.53 Å². The van der Waals surface area contributed by atoms with Crippen molar-refractivity contribution in [2.24, 2.45) is 0 Å². The number of rotatable bonds is 8. The van der Waals surface area contributed by atoms with Gasteiger partial charge in [0.2, 0.25) is 15.9 Å². The number of benzene rings is 1. The molecule has 2 heterocycles. The summed E-state index contributed by atoms with van der Waals surface area (Å²) in [6.45, 7) is 4.84. The van der Waals surface area contributed by atoms with E-state index in [1.165, 1.54) is 19.0 Å². The molecule has 170 valence electrons. The lowest BCUT2D eigenvalue weighted by molar-refractivity contribution is -0.702. The van der Waals surface area contributed by atoms with E-state index >= 15 is 0 Å². The lowest BCUT2D eigenvalue weighted by Gasteiger charge is -2.27. The zero-order valence-electron chi connectivity index (χ0n) is 18.3. The van der Waals surface area contributed by atoms with Crippen LogP contribution >= 0.6 is 0 Å². The molecule has 2 N–H and O–H groups in total. The number of amides is 1. The van der Waals surface area contributed by atoms with Gasteiger partial charge in [-0.15, -0.1) is 0 Å². The molecule has 0 aliphatic carbocycles. The molecule has 0 spiro atoms. The fourth-order valence-electron chi connectivity index (χ4n) is 3.90. The number of pyridine rings is 1. The maximum atomic E-state index is 13.6. The van der Waals surface area contributed by atoms with Crippen LogP contribution in [0.25, 0.3) is 0 Å². The summed E-state index contributed by atoms with van der Waals surface area (Å²) in [5.74, 6) is -1.39. The zero-order valence-corrected chi connectivity index (χ0v) is 19.1. The molecular weight excluding hydrogens is 433 g/mol. The SMILES string of the molecule is CCOC(=O)[C@H]1C[C@@](C[n+]2ccccc2)(NS(=O)(=O)c2ccc(C)cc2)C(=O)N1B(C)O. The Hall–Kier alpha value is -2.76. The molecule has 0 radical (unpaired) electrons. The fraction of sp³-hybridized carbons (Fsp3) is 0.381. The first-order valence-electron chi connectivity index (χ1n) is 10.3. The van der Waals surface area contributed by atoms with Gasteiger partial charge in [0.05, 0.1) is 11.5 Å². The van der Waals surface area contributed by atoms with E-state index in [2.05, 4.69) is 4.72 Å². The Labute approximate surface area is 188 Å². The number of carbonyl (C=O) groups is 2. The molecule has 1 aromatic heterocycles. The number of nitrogens with zero attached hydrogens (tertiary/aromatic N) is 2. The molecule has 1 fully saturated rings. The third kappa shape index (κ3) is 4.84. The molecule has 1 aromatic carbocycles. The minimum absolute atomic E-state index is 0.00322. The van der Waals surface area contributed by atoms with E-state index in [1.807, 2.05) is 6.92 Å². The van der Waals surface area contributed by atoms with Gasteiger partial charge in [0.1, 0.15) is 6.04 Å². The van der Waals surface area contributed by atoms with Crippen LogP contribution in [0.4, 0.5) is 0 Å². The smallest absolute Gasteiger partial charge is 0.412 e. The second-order valence-corrected chi connectivity index (χ2v) is 9.55. The number of hydrogen-bond donors (Lipinski definition) is 2. The number of aryl methyl sites for hydroxylation is 1. The van der Waals surface area contributed by atoms with Crippen molar-refractivity contribution in [3.8, 4) is 0 Å². The Morgan fingerprint density at radius 2 is 1.91 bits per heavy atom. The van der Waals surface area contributed by atoms with E-state index in [9.17, 15) is 23.0 Å². The number of aromatic nitrogens is 1. The fourth-order valence-corrected chi connectivity index (χ4v) is 5.27. The van der Waals surface area contributed by atoms with Gasteiger partial charge < -0.3 is 14.6 Å². The summed E-state index contributed by atoms with van der Waals surface area (Å²) < 4.78 is 35.8. The summed E-state index contributed by atoms with van der Waals surface area (Å²) in [5, 5.41) is 10.3. The predicted molar refractivity (Wildman–Crippen MR) is 117 cm³/mol. The average molecular weight is 460 g/mol. The molecule has 2 atom stereocenters. The Bertz CT molecular complexity index is 1080. The van der Waals surface area contributed by atoms with Crippen molar-refractivity contribution in [3.63, 3.8) is 0 Å². The van der Waals surface area contributed by atoms with Gasteiger partial charge in [-0.2, -0.15) is 4.72 Å². The van der Waals surface area contributed by atoms with Crippen LogP contribution in [-0.4, -0.2) is 55.4 Å². The van der Waals surface area contributed by atoms with Crippen LogP contribution in [0, 0.1) is 6.92 Å². The summed E-state index contributed by atoms with van der Waals surface area (Å²) in [4.78, 5) is 27.2. The quantitative estimate of drug-likeness (QED) is 0.332. The Morgan fingerprint density at radius 1 is 1.28 bits per heavy atom. The first-order valence-corrected chi connectivity index (χ1v) is 11.8. The third-order valence-corrected chi connectivity index (χ3v) is 6.93. The van der Waals surface area contributed by atoms with Gasteiger partial charge in [-0.05, 0) is 32.8 Å². The van der Waals surface area contributed by atoms with Crippen LogP contribution in [0.2, 0.25) is 6.82 Å². The highest BCUT2D eigenvalue weighted by Gasteiger charge is 2.60. The molecule has 9 nitrogen and oxygen atoms in total. The summed E-state index contributed by atoms with van der Waals surface area (Å²) >= 11 is 0. The molecule has 11 heteroatoms. The highest BCUT2D eigenvalue weighted by Crippen LogP contribution is 2.32. The highest BCUT2D eigenvalue weighted by molar-refractivity contribution is 7.89. The molecule has 0 saturated carbocycles. The molecule has 1 aliphatic rings. The summed E-state index contributed by atoms with van der Waals surface area (Å²) in [7, 11) is -5.44. The standard InChI is InChI=1S/C21H27BN3O6S/c1-4-31-19(26)18-14-21(20(27)25(18)22(3)28,15-24-12-6-5-7-13-24)23-32(29,30)17-10-8-16(2)9-11-17/h5-13,18,23,28H,4,14-15H2,1-3H3/q+1/t18-,21+/m1/s1. The Kier molecular flexibility index (Phi) is 7.01. The third-order valence-electron chi connectivity index (χ3n) is 5.37. The number of hydrogen-bond acceptors (Lipinski definition) is 6. The molecule has 1 aliphatic heterocycles. The van der Waals surface area contributed by atoms with E-state index in [0.717, 1.165) is 10.4 Å². The van der Waals surface area contributed by atoms with E-state index < -0.39 is 40.5 Å². The lowest BCUT2D eigenvalue weighted by Crippen LogP contribution is -2.62. The second-order valence-electron chi connectivity index (χ2n) is 7.86. The summed E-state index contributed by atoms with van der Waals surface area (Å²) in [6.07, 6.45) is 3.20. The molecule has 1 amide bonds. The van der Waals surface area contributed by atoms with E-state index in [0.29, 0.717) is 0 Å². The minimum Gasteiger partial charge on any atom is -0.464 e. The molecule has 1 saturated heterocycles. The molecular formula is C21H27BN3O6S+. The maximum Gasteiger partial charge on any atom is 0.412 e. The van der Waals surface area contributed by atoms with E-state index in [1.54, 1.807) is 54.2 Å². The molecule has 0 unspecified atom stereocenters. The van der Waals surface area contributed by atoms with Gasteiger partial charge in [0.15, 0.2) is 24.5 Å². The second kappa shape index (κ2) is 9.39. The van der Waals surface area contributed by atoms with Crippen molar-refractivity contribution in [3.05, 3.63) is 60.4 Å². The normalized spacial score (nSPS) is 20.9. The monoisotopic (exact) mass is 460 g/mol. The average Bonchev–Trinajstić information content (AvgIpc) is 3.01. The summed E-state index contributed by atoms with van der Waals surface area (Å²) in [6, 6.07) is 10.4. The number of carbonyl (C=O) groups excluding carboxylic acids is 2. The topological polar surface area (TPSA) is 117 Å². The molecule has 0 bridgehead atoms. The largest absolute Gasteiger partial charge is 0.464 e. The number of esters is 1. The van der Waals surface area contributed by atoms with Crippen LogP contribution in [0.15, 0.2) is 59.8 Å². The highest BCUT2D eigenvalue weighted by atomic mass is 32.2. The predicted octanol–water partition coefficient (Wildman–Crippen LogP) is 0.274. The van der Waals surface area contributed by atoms with Gasteiger partial charge >= 0.3 is 13.0 Å². The van der Waals surface area contributed by atoms with Gasteiger partial charge in [-0.1, -0.05) is 23.8 Å². The maximum absolute atomic E-state index is 13.6. The molecule has 3 rings (SSSR count). The van der Waals surface area contributed by atoms with Crippen LogP contribution in [0.1, 0.15) is 18.9 Å². The summed E-state index contributed by atoms with van der Waals surface area (Å²) in [5.41, 5.74) is -0.817. The van der Waals surface area contributed by atoms with Crippen LogP contribution in [0.3, 0.4) is 0 Å². The van der Waals surface area contributed by atoms with Gasteiger partial charge in [0.25, 0.3) is 0 Å². The number of nitrogens with one attached hydrogen (secondary N) is 1. The van der Waals surface area contributed by atoms with Gasteiger partial charge in [0, 0.05) is 18.6 Å². The number of ether oxygens (including phenoxy) is 1. The number of sulfonamides is 1. The molecule has 2 aromatic rings. The van der Waals surface area contributed by atoms with Crippen LogP contribution in [0.5, 0.6) is 0 Å². The lowest BCUT2D eigenvalue weighted by atomic mass is 9.84. The van der Waals surface area contributed by atoms with Gasteiger partial charge in [-0.25, -0.2) is 17.8 Å². The zero-order chi connectivity index (χ0) is 23.5. The van der Waals surface area contributed by atoms with Crippen LogP contribution < -0.4 is 9.29 Å². The van der Waals surface area contributed by atoms with Crippen molar-refractivity contribution < 1.29 is 32.3 Å². The van der Waals surface area contributed by atoms with E-state index in [-0.39, 0.29) is 24.5 Å². The first kappa shape index (κ1) is 23.9. The minimum atomic E-state index is -4.13. The van der Waals surface area contributed by atoms with Crippen LogP contribution in [-0.2, 0) is 30.9 Å². The van der Waals surface area contributed by atoms with Crippen molar-refractivity contribution in [2.45, 2.75) is 50.1 Å². The van der Waals surface area contributed by atoms with Crippen molar-refractivity contribution >= 4 is 29.0 Å². The Balaban J connectivity index is 2.07. The van der Waals surface area contributed by atoms with Crippen molar-refractivity contribution in [1.29, 1.82) is 0 Å². The Morgan fingerprint density at radius 3 is 2.47 bits per heavy atom. The molecule has 32 heavy (non-hydrogen) atoms.